The molecule has 24 heavy (non-hydrogen) atoms. The number of hydrogen-bond acceptors (Lipinski definition) is 4. The van der Waals surface area contributed by atoms with E-state index in [9.17, 15) is 8.42 Å². The first-order chi connectivity index (χ1) is 11.5. The summed E-state index contributed by atoms with van der Waals surface area (Å²) in [6.07, 6.45) is 5.29. The topological polar surface area (TPSA) is 76.9 Å². The molecule has 3 aromatic rings. The maximum atomic E-state index is 12.1. The zero-order valence-corrected chi connectivity index (χ0v) is 14.1. The third-order valence-corrected chi connectivity index (χ3v) is 4.82. The smallest absolute Gasteiger partial charge is 0.216 e. The molecule has 6 nitrogen and oxygen atoms in total. The van der Waals surface area contributed by atoms with Crippen molar-refractivity contribution >= 4 is 10.0 Å². The molecule has 124 valence electrons. The van der Waals surface area contributed by atoms with E-state index in [0.717, 1.165) is 22.4 Å². The summed E-state index contributed by atoms with van der Waals surface area (Å²) in [5, 5.41) is 4.11. The molecular formula is C17H18N4O2S. The molecule has 0 aliphatic rings. The largest absolute Gasteiger partial charge is 0.275 e. The molecule has 0 aliphatic heterocycles. The third-order valence-electron chi connectivity index (χ3n) is 3.52. The van der Waals surface area contributed by atoms with Gasteiger partial charge >= 0.3 is 0 Å². The van der Waals surface area contributed by atoms with Crippen molar-refractivity contribution in [1.82, 2.24) is 19.5 Å². The summed E-state index contributed by atoms with van der Waals surface area (Å²) in [6, 6.07) is 12.8. The summed E-state index contributed by atoms with van der Waals surface area (Å²) >= 11 is 0. The van der Waals surface area contributed by atoms with Gasteiger partial charge in [-0.05, 0) is 17.2 Å². The minimum Gasteiger partial charge on any atom is -0.275 e. The highest BCUT2D eigenvalue weighted by molar-refractivity contribution is 7.88. The SMILES string of the molecule is Cn1cc(-c2ccc(CNS(=O)(=O)Cc3ccccc3)cn2)cn1. The number of benzene rings is 1. The molecule has 1 N–H and O–H groups in total. The summed E-state index contributed by atoms with van der Waals surface area (Å²) < 4.78 is 28.6. The van der Waals surface area contributed by atoms with Crippen LogP contribution in [0.25, 0.3) is 11.3 Å². The van der Waals surface area contributed by atoms with Gasteiger partial charge in [0.2, 0.25) is 10.0 Å². The van der Waals surface area contributed by atoms with E-state index in [1.54, 1.807) is 29.2 Å². The van der Waals surface area contributed by atoms with Gasteiger partial charge in [-0.25, -0.2) is 13.1 Å². The molecule has 0 fully saturated rings. The molecule has 0 unspecified atom stereocenters. The predicted molar refractivity (Wildman–Crippen MR) is 92.3 cm³/mol. The molecule has 0 amide bonds. The highest BCUT2D eigenvalue weighted by atomic mass is 32.2. The average Bonchev–Trinajstić information content (AvgIpc) is 3.01. The Morgan fingerprint density at radius 3 is 2.46 bits per heavy atom. The molecule has 2 aromatic heterocycles. The first-order valence-corrected chi connectivity index (χ1v) is 9.12. The predicted octanol–water partition coefficient (Wildman–Crippen LogP) is 2.10. The van der Waals surface area contributed by atoms with Crippen LogP contribution in [-0.2, 0) is 29.4 Å². The second-order valence-electron chi connectivity index (χ2n) is 5.52. The highest BCUT2D eigenvalue weighted by Crippen LogP contribution is 2.15. The lowest BCUT2D eigenvalue weighted by Gasteiger charge is -2.07. The van der Waals surface area contributed by atoms with Crippen LogP contribution in [0.5, 0.6) is 0 Å². The van der Waals surface area contributed by atoms with Crippen molar-refractivity contribution < 1.29 is 8.42 Å². The Morgan fingerprint density at radius 1 is 1.04 bits per heavy atom. The molecule has 3 rings (SSSR count). The Labute approximate surface area is 141 Å². The fraction of sp³-hybridized carbons (Fsp3) is 0.176. The number of aryl methyl sites for hydroxylation is 1. The van der Waals surface area contributed by atoms with Crippen molar-refractivity contribution in [3.05, 3.63) is 72.2 Å². The van der Waals surface area contributed by atoms with Gasteiger partial charge in [0.1, 0.15) is 0 Å². The zero-order chi connectivity index (χ0) is 17.0. The van der Waals surface area contributed by atoms with Crippen molar-refractivity contribution in [3.8, 4) is 11.3 Å². The summed E-state index contributed by atoms with van der Waals surface area (Å²) in [6.45, 7) is 0.218. The number of rotatable bonds is 6. The Morgan fingerprint density at radius 2 is 1.83 bits per heavy atom. The lowest BCUT2D eigenvalue weighted by Crippen LogP contribution is -2.24. The van der Waals surface area contributed by atoms with Crippen LogP contribution >= 0.6 is 0 Å². The highest BCUT2D eigenvalue weighted by Gasteiger charge is 2.11. The van der Waals surface area contributed by atoms with Crippen LogP contribution in [0.2, 0.25) is 0 Å². The number of aromatic nitrogens is 3. The standard InChI is InChI=1S/C17H18N4O2S/c1-21-12-16(11-19-21)17-8-7-15(9-18-17)10-20-24(22,23)13-14-5-3-2-4-6-14/h2-9,11-12,20H,10,13H2,1H3. The normalized spacial score (nSPS) is 11.5. The van der Waals surface area contributed by atoms with E-state index in [1.807, 2.05) is 43.6 Å². The minimum atomic E-state index is -3.38. The van der Waals surface area contributed by atoms with Crippen molar-refractivity contribution in [2.45, 2.75) is 12.3 Å². The minimum absolute atomic E-state index is 0.0327. The van der Waals surface area contributed by atoms with Crippen LogP contribution in [0.15, 0.2) is 61.1 Å². The molecule has 0 saturated carbocycles. The van der Waals surface area contributed by atoms with Crippen molar-refractivity contribution in [2.75, 3.05) is 0 Å². The fourth-order valence-electron chi connectivity index (χ4n) is 2.29. The molecule has 1 aromatic carbocycles. The number of nitrogens with zero attached hydrogens (tertiary/aromatic N) is 3. The van der Waals surface area contributed by atoms with E-state index in [4.69, 9.17) is 0 Å². The molecule has 0 saturated heterocycles. The van der Waals surface area contributed by atoms with E-state index in [2.05, 4.69) is 14.8 Å². The van der Waals surface area contributed by atoms with E-state index < -0.39 is 10.0 Å². The average molecular weight is 342 g/mol. The summed E-state index contributed by atoms with van der Waals surface area (Å²) in [5.74, 6) is -0.0327. The molecule has 0 bridgehead atoms. The van der Waals surface area contributed by atoms with Gasteiger partial charge in [0.25, 0.3) is 0 Å². The number of sulfonamides is 1. The maximum Gasteiger partial charge on any atom is 0.216 e. The van der Waals surface area contributed by atoms with Gasteiger partial charge in [0.15, 0.2) is 0 Å². The fourth-order valence-corrected chi connectivity index (χ4v) is 3.41. The molecular weight excluding hydrogens is 324 g/mol. The van der Waals surface area contributed by atoms with Gasteiger partial charge in [-0.2, -0.15) is 5.10 Å². The quantitative estimate of drug-likeness (QED) is 0.744. The molecule has 7 heteroatoms. The third kappa shape index (κ3) is 4.27. The molecule has 0 spiro atoms. The van der Waals surface area contributed by atoms with Crippen LogP contribution in [0.4, 0.5) is 0 Å². The summed E-state index contributed by atoms with van der Waals surface area (Å²) in [7, 11) is -1.54. The van der Waals surface area contributed by atoms with Crippen LogP contribution in [-0.4, -0.2) is 23.2 Å². The molecule has 0 aliphatic carbocycles. The van der Waals surface area contributed by atoms with Crippen LogP contribution < -0.4 is 4.72 Å². The molecule has 0 atom stereocenters. The molecule has 2 heterocycles. The van der Waals surface area contributed by atoms with Gasteiger partial charge in [-0.3, -0.25) is 9.67 Å². The second-order valence-corrected chi connectivity index (χ2v) is 7.33. The Bertz CT molecular complexity index is 903. The lowest BCUT2D eigenvalue weighted by atomic mass is 10.2. The van der Waals surface area contributed by atoms with E-state index >= 15 is 0 Å². The first-order valence-electron chi connectivity index (χ1n) is 7.47. The first kappa shape index (κ1) is 16.4. The zero-order valence-electron chi connectivity index (χ0n) is 13.3. The number of nitrogens with one attached hydrogen (secondary N) is 1. The lowest BCUT2D eigenvalue weighted by molar-refractivity contribution is 0.580. The van der Waals surface area contributed by atoms with E-state index in [-0.39, 0.29) is 12.3 Å². The van der Waals surface area contributed by atoms with Gasteiger partial charge in [-0.1, -0.05) is 36.4 Å². The van der Waals surface area contributed by atoms with Crippen LogP contribution in [0.3, 0.4) is 0 Å². The summed E-state index contributed by atoms with van der Waals surface area (Å²) in [5.41, 5.74) is 3.29. The Balaban J connectivity index is 1.62. The van der Waals surface area contributed by atoms with Gasteiger partial charge in [0.05, 0.1) is 17.6 Å². The van der Waals surface area contributed by atoms with E-state index in [0.29, 0.717) is 0 Å². The van der Waals surface area contributed by atoms with Gasteiger partial charge in [-0.15, -0.1) is 0 Å². The Hall–Kier alpha value is -2.51. The maximum absolute atomic E-state index is 12.1. The second kappa shape index (κ2) is 6.94. The van der Waals surface area contributed by atoms with E-state index in [1.165, 1.54) is 0 Å². The molecule has 0 radical (unpaired) electrons. The van der Waals surface area contributed by atoms with Crippen molar-refractivity contribution in [1.29, 1.82) is 0 Å². The van der Waals surface area contributed by atoms with Crippen molar-refractivity contribution in [3.63, 3.8) is 0 Å². The summed E-state index contributed by atoms with van der Waals surface area (Å²) in [4.78, 5) is 4.36. The van der Waals surface area contributed by atoms with Crippen molar-refractivity contribution in [2.24, 2.45) is 7.05 Å². The Kier molecular flexibility index (Phi) is 4.73. The number of pyridine rings is 1. The van der Waals surface area contributed by atoms with Gasteiger partial charge in [0, 0.05) is 31.5 Å². The van der Waals surface area contributed by atoms with Crippen LogP contribution in [0, 0.1) is 0 Å². The van der Waals surface area contributed by atoms with Gasteiger partial charge < -0.3 is 0 Å². The van der Waals surface area contributed by atoms with Crippen LogP contribution in [0.1, 0.15) is 11.1 Å². The monoisotopic (exact) mass is 342 g/mol. The number of hydrogen-bond donors (Lipinski definition) is 1.